The van der Waals surface area contributed by atoms with Crippen molar-refractivity contribution in [3.8, 4) is 12.0 Å². The fourth-order valence-corrected chi connectivity index (χ4v) is 0.205. The van der Waals surface area contributed by atoms with Crippen molar-refractivity contribution in [2.45, 2.75) is 13.3 Å². The highest BCUT2D eigenvalue weighted by atomic mass is 35.5. The monoisotopic (exact) mass is 118 g/mol. The van der Waals surface area contributed by atoms with E-state index in [9.17, 15) is 0 Å². The Bertz CT molecular complexity index is 79.8. The number of alkyl halides is 1. The fraction of sp³-hybridized carbons (Fsp3) is 0.600. The Balaban J connectivity index is 2.91. The molecule has 0 unspecified atom stereocenters. The molecule has 0 fully saturated rings. The normalized spacial score (nSPS) is 6.57. The first kappa shape index (κ1) is 6.65. The van der Waals surface area contributed by atoms with Crippen molar-refractivity contribution in [1.29, 1.82) is 0 Å². The van der Waals surface area contributed by atoms with Gasteiger partial charge in [-0.15, -0.1) is 0 Å². The molecule has 0 aliphatic heterocycles. The van der Waals surface area contributed by atoms with Gasteiger partial charge >= 0.3 is 0 Å². The Kier molecular flexibility index (Phi) is 5.37. The second-order valence-electron chi connectivity index (χ2n) is 0.886. The van der Waals surface area contributed by atoms with Gasteiger partial charge in [0.15, 0.2) is 6.07 Å². The maximum Gasteiger partial charge on any atom is 0.173 e. The maximum atomic E-state index is 5.11. The van der Waals surface area contributed by atoms with Crippen molar-refractivity contribution in [2.75, 3.05) is 6.07 Å². The van der Waals surface area contributed by atoms with Gasteiger partial charge in [0, 0.05) is 6.42 Å². The van der Waals surface area contributed by atoms with Gasteiger partial charge in [-0.25, -0.2) is 0 Å². The first-order valence-corrected chi connectivity index (χ1v) is 2.61. The van der Waals surface area contributed by atoms with Gasteiger partial charge in [0.1, 0.15) is 6.11 Å². The van der Waals surface area contributed by atoms with Crippen molar-refractivity contribution in [3.63, 3.8) is 0 Å². The molecule has 0 radical (unpaired) electrons. The Morgan fingerprint density at radius 2 is 2.43 bits per heavy atom. The molecule has 0 saturated carbocycles. The van der Waals surface area contributed by atoms with Gasteiger partial charge in [0.2, 0.25) is 0 Å². The third-order valence-corrected chi connectivity index (χ3v) is 0.485. The van der Waals surface area contributed by atoms with E-state index in [1.54, 1.807) is 0 Å². The van der Waals surface area contributed by atoms with Crippen LogP contribution in [0.2, 0.25) is 0 Å². The van der Waals surface area contributed by atoms with E-state index in [1.165, 1.54) is 0 Å². The van der Waals surface area contributed by atoms with Gasteiger partial charge in [0.05, 0.1) is 0 Å². The molecule has 0 aromatic heterocycles. The van der Waals surface area contributed by atoms with Crippen LogP contribution in [-0.2, 0) is 4.74 Å². The molecule has 40 valence electrons. The number of hydrogen-bond acceptors (Lipinski definition) is 1. The smallest absolute Gasteiger partial charge is 0.173 e. The van der Waals surface area contributed by atoms with Crippen LogP contribution >= 0.6 is 11.6 Å². The first-order valence-electron chi connectivity index (χ1n) is 2.07. The van der Waals surface area contributed by atoms with E-state index in [0.717, 1.165) is 6.42 Å². The lowest BCUT2D eigenvalue weighted by Crippen LogP contribution is -1.71. The minimum absolute atomic E-state index is 0.160. The van der Waals surface area contributed by atoms with Crippen LogP contribution in [0.5, 0.6) is 0 Å². The first-order chi connectivity index (χ1) is 3.41. The molecule has 0 aliphatic rings. The molecular weight excluding hydrogens is 112 g/mol. The van der Waals surface area contributed by atoms with E-state index in [0.29, 0.717) is 0 Å². The van der Waals surface area contributed by atoms with E-state index < -0.39 is 0 Å². The van der Waals surface area contributed by atoms with Crippen LogP contribution in [0.25, 0.3) is 0 Å². The topological polar surface area (TPSA) is 9.23 Å². The summed E-state index contributed by atoms with van der Waals surface area (Å²) in [5.41, 5.74) is 0. The Morgan fingerprint density at radius 3 is 2.86 bits per heavy atom. The SMILES string of the molecule is CCC#COCCl. The largest absolute Gasteiger partial charge is 0.430 e. The average Bonchev–Trinajstić information content (AvgIpc) is 1.69. The van der Waals surface area contributed by atoms with Crippen molar-refractivity contribution in [3.05, 3.63) is 0 Å². The second-order valence-corrected chi connectivity index (χ2v) is 1.10. The summed E-state index contributed by atoms with van der Waals surface area (Å²) in [5.74, 6) is 2.69. The summed E-state index contributed by atoms with van der Waals surface area (Å²) in [6.45, 7) is 1.95. The van der Waals surface area contributed by atoms with Gasteiger partial charge in [-0.05, 0) is 0 Å². The van der Waals surface area contributed by atoms with E-state index >= 15 is 0 Å². The lowest BCUT2D eigenvalue weighted by Gasteiger charge is -1.80. The Morgan fingerprint density at radius 1 is 1.71 bits per heavy atom. The molecule has 0 spiro atoms. The standard InChI is InChI=1S/C5H7ClO/c1-2-3-4-7-5-6/h2,5H2,1H3. The zero-order valence-electron chi connectivity index (χ0n) is 4.20. The van der Waals surface area contributed by atoms with E-state index in [1.807, 2.05) is 6.92 Å². The number of rotatable bonds is 1. The van der Waals surface area contributed by atoms with Crippen molar-refractivity contribution in [1.82, 2.24) is 0 Å². The van der Waals surface area contributed by atoms with Gasteiger partial charge in [-0.3, -0.25) is 0 Å². The van der Waals surface area contributed by atoms with Gasteiger partial charge < -0.3 is 4.74 Å². The number of ether oxygens (including phenoxy) is 1. The van der Waals surface area contributed by atoms with E-state index in [-0.39, 0.29) is 6.07 Å². The summed E-state index contributed by atoms with van der Waals surface area (Å²) < 4.78 is 4.48. The van der Waals surface area contributed by atoms with Crippen LogP contribution in [0.4, 0.5) is 0 Å². The number of hydrogen-bond donors (Lipinski definition) is 0. The molecule has 0 bridgehead atoms. The highest BCUT2D eigenvalue weighted by Crippen LogP contribution is 1.74. The Labute approximate surface area is 48.6 Å². The summed E-state index contributed by atoms with van der Waals surface area (Å²) in [7, 11) is 0. The average molecular weight is 119 g/mol. The zero-order valence-corrected chi connectivity index (χ0v) is 4.96. The van der Waals surface area contributed by atoms with Crippen LogP contribution < -0.4 is 0 Å². The van der Waals surface area contributed by atoms with Crippen molar-refractivity contribution < 1.29 is 4.74 Å². The van der Waals surface area contributed by atoms with Crippen LogP contribution in [0.15, 0.2) is 0 Å². The molecule has 0 aliphatic carbocycles. The maximum absolute atomic E-state index is 5.11. The molecule has 2 heteroatoms. The zero-order chi connectivity index (χ0) is 5.54. The molecule has 0 saturated heterocycles. The molecule has 0 atom stereocenters. The quantitative estimate of drug-likeness (QED) is 0.375. The summed E-state index contributed by atoms with van der Waals surface area (Å²) in [5, 5.41) is 0. The predicted molar refractivity (Wildman–Crippen MR) is 29.9 cm³/mol. The minimum Gasteiger partial charge on any atom is -0.430 e. The van der Waals surface area contributed by atoms with Crippen molar-refractivity contribution in [2.24, 2.45) is 0 Å². The molecule has 0 aromatic rings. The summed E-state index contributed by atoms with van der Waals surface area (Å²) in [6.07, 6.45) is 3.22. The lowest BCUT2D eigenvalue weighted by molar-refractivity contribution is 0.345. The third-order valence-electron chi connectivity index (χ3n) is 0.376. The van der Waals surface area contributed by atoms with Crippen LogP contribution in [0, 0.1) is 12.0 Å². The lowest BCUT2D eigenvalue weighted by atomic mass is 10.5. The van der Waals surface area contributed by atoms with Gasteiger partial charge in [0.25, 0.3) is 0 Å². The molecule has 0 rings (SSSR count). The number of halogens is 1. The molecule has 7 heavy (non-hydrogen) atoms. The fourth-order valence-electron chi connectivity index (χ4n) is 0.150. The molecule has 0 amide bonds. The Hall–Kier alpha value is -0.350. The van der Waals surface area contributed by atoms with E-state index in [4.69, 9.17) is 11.6 Å². The van der Waals surface area contributed by atoms with Gasteiger partial charge in [-0.2, -0.15) is 0 Å². The molecular formula is C5H7ClO. The molecule has 0 N–H and O–H groups in total. The molecule has 1 nitrogen and oxygen atoms in total. The highest BCUT2D eigenvalue weighted by Gasteiger charge is 1.64. The highest BCUT2D eigenvalue weighted by molar-refractivity contribution is 6.17. The second kappa shape index (κ2) is 5.65. The summed E-state index contributed by atoms with van der Waals surface area (Å²) in [6, 6.07) is 0.160. The third kappa shape index (κ3) is 5.65. The summed E-state index contributed by atoms with van der Waals surface area (Å²) in [4.78, 5) is 0. The van der Waals surface area contributed by atoms with E-state index in [2.05, 4.69) is 16.8 Å². The van der Waals surface area contributed by atoms with Crippen LogP contribution in [0.3, 0.4) is 0 Å². The summed E-state index contributed by atoms with van der Waals surface area (Å²) >= 11 is 5.11. The molecule has 0 heterocycles. The van der Waals surface area contributed by atoms with Gasteiger partial charge in [-0.1, -0.05) is 24.4 Å². The van der Waals surface area contributed by atoms with Crippen LogP contribution in [0.1, 0.15) is 13.3 Å². The van der Waals surface area contributed by atoms with Crippen LogP contribution in [-0.4, -0.2) is 6.07 Å². The predicted octanol–water partition coefficient (Wildman–Crippen LogP) is 1.57. The van der Waals surface area contributed by atoms with Crippen molar-refractivity contribution >= 4 is 11.6 Å². The minimum atomic E-state index is 0.160. The molecule has 0 aromatic carbocycles.